The Morgan fingerprint density at radius 2 is 2.05 bits per heavy atom. The highest BCUT2D eigenvalue weighted by Gasteiger charge is 2.28. The average Bonchev–Trinajstić information content (AvgIpc) is 2.46. The van der Waals surface area contributed by atoms with Crippen molar-refractivity contribution in [2.75, 3.05) is 30.7 Å². The Morgan fingerprint density at radius 1 is 1.38 bits per heavy atom. The zero-order valence-corrected chi connectivity index (χ0v) is 13.4. The second kappa shape index (κ2) is 6.48. The number of nitrogens with two attached hydrogens (primary N) is 1. The molecule has 0 unspecified atom stereocenters. The molecule has 1 aromatic carbocycles. The van der Waals surface area contributed by atoms with Gasteiger partial charge in [0.15, 0.2) is 0 Å². The van der Waals surface area contributed by atoms with Gasteiger partial charge in [0.2, 0.25) is 5.91 Å². The number of aryl methyl sites for hydroxylation is 1. The van der Waals surface area contributed by atoms with Gasteiger partial charge in [-0.25, -0.2) is 0 Å². The number of rotatable bonds is 4. The summed E-state index contributed by atoms with van der Waals surface area (Å²) in [6.07, 6.45) is 3.57. The summed E-state index contributed by atoms with van der Waals surface area (Å²) < 4.78 is 0. The summed E-state index contributed by atoms with van der Waals surface area (Å²) in [6, 6.07) is 5.64. The number of hydrogen-bond donors (Lipinski definition) is 2. The van der Waals surface area contributed by atoms with Crippen LogP contribution in [0.1, 0.15) is 38.7 Å². The molecule has 0 aliphatic carbocycles. The molecule has 1 amide bonds. The van der Waals surface area contributed by atoms with Gasteiger partial charge < -0.3 is 11.1 Å². The Kier molecular flexibility index (Phi) is 4.88. The lowest BCUT2D eigenvalue weighted by molar-refractivity contribution is -0.117. The standard InChI is InChI=1S/C17H27N3O/c1-4-17(3)7-9-20(10-8-17)12-16(21)19-14-6-5-13(2)15(18)11-14/h5-6,11H,4,7-10,12,18H2,1-3H3,(H,19,21). The van der Waals surface area contributed by atoms with Gasteiger partial charge in [-0.3, -0.25) is 9.69 Å². The molecule has 0 atom stereocenters. The monoisotopic (exact) mass is 289 g/mol. The fourth-order valence-electron chi connectivity index (χ4n) is 2.73. The largest absolute Gasteiger partial charge is 0.398 e. The van der Waals surface area contributed by atoms with Gasteiger partial charge in [-0.1, -0.05) is 26.3 Å². The van der Waals surface area contributed by atoms with E-state index in [0.29, 0.717) is 17.6 Å². The summed E-state index contributed by atoms with van der Waals surface area (Å²) in [5, 5.41) is 2.93. The summed E-state index contributed by atoms with van der Waals surface area (Å²) in [4.78, 5) is 14.4. The van der Waals surface area contributed by atoms with E-state index in [1.54, 1.807) is 0 Å². The fraction of sp³-hybridized carbons (Fsp3) is 0.588. The number of hydrogen-bond acceptors (Lipinski definition) is 3. The van der Waals surface area contributed by atoms with Gasteiger partial charge in [0.05, 0.1) is 6.54 Å². The molecule has 4 nitrogen and oxygen atoms in total. The molecule has 0 radical (unpaired) electrons. The zero-order chi connectivity index (χ0) is 15.5. The lowest BCUT2D eigenvalue weighted by Gasteiger charge is -2.38. The van der Waals surface area contributed by atoms with Gasteiger partial charge in [-0.2, -0.15) is 0 Å². The third-order valence-corrected chi connectivity index (χ3v) is 4.85. The minimum Gasteiger partial charge on any atom is -0.398 e. The molecule has 1 saturated heterocycles. The Morgan fingerprint density at radius 3 is 2.62 bits per heavy atom. The van der Waals surface area contributed by atoms with E-state index < -0.39 is 0 Å². The van der Waals surface area contributed by atoms with Gasteiger partial charge >= 0.3 is 0 Å². The van der Waals surface area contributed by atoms with Crippen LogP contribution in [0.5, 0.6) is 0 Å². The van der Waals surface area contributed by atoms with Gasteiger partial charge in [0.25, 0.3) is 0 Å². The predicted octanol–water partition coefficient (Wildman–Crippen LogP) is 3.03. The third kappa shape index (κ3) is 4.21. The van der Waals surface area contributed by atoms with Crippen LogP contribution in [0.15, 0.2) is 18.2 Å². The topological polar surface area (TPSA) is 58.4 Å². The SMILES string of the molecule is CCC1(C)CCN(CC(=O)Nc2ccc(C)c(N)c2)CC1. The summed E-state index contributed by atoms with van der Waals surface area (Å²) in [5.41, 5.74) is 8.84. The highest BCUT2D eigenvalue weighted by Crippen LogP contribution is 2.33. The molecule has 0 spiro atoms. The van der Waals surface area contributed by atoms with Crippen molar-refractivity contribution in [3.63, 3.8) is 0 Å². The number of nitrogen functional groups attached to an aromatic ring is 1. The van der Waals surface area contributed by atoms with Crippen molar-refractivity contribution in [3.05, 3.63) is 23.8 Å². The third-order valence-electron chi connectivity index (χ3n) is 4.85. The highest BCUT2D eigenvalue weighted by atomic mass is 16.2. The molecular formula is C17H27N3O. The molecule has 1 heterocycles. The lowest BCUT2D eigenvalue weighted by Crippen LogP contribution is -2.42. The highest BCUT2D eigenvalue weighted by molar-refractivity contribution is 5.92. The quantitative estimate of drug-likeness (QED) is 0.838. The maximum atomic E-state index is 12.1. The van der Waals surface area contributed by atoms with Gasteiger partial charge in [-0.05, 0) is 56.0 Å². The molecule has 1 aliphatic heterocycles. The van der Waals surface area contributed by atoms with Gasteiger partial charge in [-0.15, -0.1) is 0 Å². The average molecular weight is 289 g/mol. The first-order valence-corrected chi connectivity index (χ1v) is 7.80. The van der Waals surface area contributed by atoms with Crippen molar-refractivity contribution in [2.45, 2.75) is 40.0 Å². The molecule has 2 rings (SSSR count). The van der Waals surface area contributed by atoms with Crippen LogP contribution in [0.25, 0.3) is 0 Å². The van der Waals surface area contributed by atoms with Crippen molar-refractivity contribution in [3.8, 4) is 0 Å². The van der Waals surface area contributed by atoms with E-state index in [1.807, 2.05) is 25.1 Å². The van der Waals surface area contributed by atoms with Crippen LogP contribution in [-0.2, 0) is 4.79 Å². The van der Waals surface area contributed by atoms with Crippen LogP contribution in [-0.4, -0.2) is 30.4 Å². The molecule has 116 valence electrons. The first-order chi connectivity index (χ1) is 9.92. The van der Waals surface area contributed by atoms with Gasteiger partial charge in [0, 0.05) is 11.4 Å². The van der Waals surface area contributed by atoms with Crippen molar-refractivity contribution in [1.29, 1.82) is 0 Å². The number of amides is 1. The minimum absolute atomic E-state index is 0.0401. The van der Waals surface area contributed by atoms with E-state index in [9.17, 15) is 4.79 Å². The maximum Gasteiger partial charge on any atom is 0.238 e. The summed E-state index contributed by atoms with van der Waals surface area (Å²) >= 11 is 0. The Labute approximate surface area is 127 Å². The van der Waals surface area contributed by atoms with Crippen molar-refractivity contribution in [1.82, 2.24) is 4.90 Å². The molecule has 1 aliphatic rings. The lowest BCUT2D eigenvalue weighted by atomic mass is 9.78. The first kappa shape index (κ1) is 15.8. The number of anilines is 2. The number of nitrogens with one attached hydrogen (secondary N) is 1. The molecular weight excluding hydrogens is 262 g/mol. The Balaban J connectivity index is 1.84. The van der Waals surface area contributed by atoms with E-state index in [-0.39, 0.29) is 5.91 Å². The zero-order valence-electron chi connectivity index (χ0n) is 13.4. The number of likely N-dealkylation sites (tertiary alicyclic amines) is 1. The second-order valence-corrected chi connectivity index (χ2v) is 6.56. The van der Waals surface area contributed by atoms with E-state index in [4.69, 9.17) is 5.73 Å². The minimum atomic E-state index is 0.0401. The van der Waals surface area contributed by atoms with Crippen LogP contribution in [0.3, 0.4) is 0 Å². The van der Waals surface area contributed by atoms with E-state index in [2.05, 4.69) is 24.1 Å². The number of piperidine rings is 1. The molecule has 0 saturated carbocycles. The Bertz CT molecular complexity index is 505. The first-order valence-electron chi connectivity index (χ1n) is 7.80. The fourth-order valence-corrected chi connectivity index (χ4v) is 2.73. The normalized spacial score (nSPS) is 18.4. The second-order valence-electron chi connectivity index (χ2n) is 6.56. The molecule has 1 aromatic rings. The number of carbonyl (C=O) groups is 1. The number of nitrogens with zero attached hydrogens (tertiary/aromatic N) is 1. The molecule has 0 bridgehead atoms. The summed E-state index contributed by atoms with van der Waals surface area (Å²) in [6.45, 7) is 9.04. The maximum absolute atomic E-state index is 12.1. The van der Waals surface area contributed by atoms with Crippen LogP contribution >= 0.6 is 0 Å². The Hall–Kier alpha value is -1.55. The van der Waals surface area contributed by atoms with E-state index in [1.165, 1.54) is 19.3 Å². The van der Waals surface area contributed by atoms with Crippen LogP contribution in [0.4, 0.5) is 11.4 Å². The van der Waals surface area contributed by atoms with Crippen LogP contribution in [0.2, 0.25) is 0 Å². The summed E-state index contributed by atoms with van der Waals surface area (Å²) in [5.74, 6) is 0.0401. The molecule has 0 aromatic heterocycles. The smallest absolute Gasteiger partial charge is 0.238 e. The van der Waals surface area contributed by atoms with Gasteiger partial charge in [0.1, 0.15) is 0 Å². The number of benzene rings is 1. The van der Waals surface area contributed by atoms with Crippen LogP contribution < -0.4 is 11.1 Å². The molecule has 3 N–H and O–H groups in total. The van der Waals surface area contributed by atoms with Crippen LogP contribution in [0, 0.1) is 12.3 Å². The predicted molar refractivity (Wildman–Crippen MR) is 88.3 cm³/mol. The van der Waals surface area contributed by atoms with E-state index in [0.717, 1.165) is 24.3 Å². The van der Waals surface area contributed by atoms with Crippen molar-refractivity contribution < 1.29 is 4.79 Å². The number of carbonyl (C=O) groups excluding carboxylic acids is 1. The molecule has 4 heteroatoms. The van der Waals surface area contributed by atoms with Crippen molar-refractivity contribution in [2.24, 2.45) is 5.41 Å². The summed E-state index contributed by atoms with van der Waals surface area (Å²) in [7, 11) is 0. The molecule has 1 fully saturated rings. The van der Waals surface area contributed by atoms with E-state index >= 15 is 0 Å². The van der Waals surface area contributed by atoms with Crippen molar-refractivity contribution >= 4 is 17.3 Å². The molecule has 21 heavy (non-hydrogen) atoms.